The van der Waals surface area contributed by atoms with Crippen molar-refractivity contribution in [1.29, 1.82) is 0 Å². The maximum Gasteiger partial charge on any atom is 0.249 e. The van der Waals surface area contributed by atoms with Gasteiger partial charge in [0.05, 0.1) is 10.6 Å². The van der Waals surface area contributed by atoms with Crippen LogP contribution in [0.3, 0.4) is 0 Å². The van der Waals surface area contributed by atoms with Crippen LogP contribution >= 0.6 is 22.7 Å². The van der Waals surface area contributed by atoms with Crippen LogP contribution in [0.1, 0.15) is 5.56 Å². The van der Waals surface area contributed by atoms with Crippen LogP contribution in [0.5, 0.6) is 0 Å². The molecule has 0 bridgehead atoms. The number of thiazole rings is 1. The predicted molar refractivity (Wildman–Crippen MR) is 80.5 cm³/mol. The Labute approximate surface area is 117 Å². The van der Waals surface area contributed by atoms with E-state index in [4.69, 9.17) is 0 Å². The van der Waals surface area contributed by atoms with E-state index in [-0.39, 0.29) is 5.56 Å². The van der Waals surface area contributed by atoms with Gasteiger partial charge in [-0.05, 0) is 30.0 Å². The quantitative estimate of drug-likeness (QED) is 0.774. The van der Waals surface area contributed by atoms with E-state index in [0.717, 1.165) is 21.3 Å². The molecule has 3 aromatic heterocycles. The summed E-state index contributed by atoms with van der Waals surface area (Å²) in [7, 11) is 0. The van der Waals surface area contributed by atoms with E-state index in [1.54, 1.807) is 17.4 Å². The van der Waals surface area contributed by atoms with Gasteiger partial charge in [0.2, 0.25) is 5.56 Å². The SMILES string of the molecule is Cc1cc(Nc2nc(-c3cccs3)cs2)[nH]c(=O)c1. The molecule has 6 heteroatoms. The molecule has 0 saturated carbocycles. The predicted octanol–water partition coefficient (Wildman–Crippen LogP) is 3.61. The number of aromatic amines is 1. The summed E-state index contributed by atoms with van der Waals surface area (Å²) in [6.45, 7) is 1.89. The van der Waals surface area contributed by atoms with E-state index in [2.05, 4.69) is 15.3 Å². The Hall–Kier alpha value is -1.92. The summed E-state index contributed by atoms with van der Waals surface area (Å²) in [4.78, 5) is 19.8. The summed E-state index contributed by atoms with van der Waals surface area (Å²) in [5.41, 5.74) is 1.76. The monoisotopic (exact) mass is 289 g/mol. The minimum absolute atomic E-state index is 0.113. The highest BCUT2D eigenvalue weighted by Gasteiger charge is 2.06. The Morgan fingerprint density at radius 2 is 2.21 bits per heavy atom. The average molecular weight is 289 g/mol. The molecular formula is C13H11N3OS2. The molecule has 0 spiro atoms. The Morgan fingerprint density at radius 1 is 1.32 bits per heavy atom. The third kappa shape index (κ3) is 2.74. The van der Waals surface area contributed by atoms with Crippen molar-refractivity contribution in [3.05, 3.63) is 50.9 Å². The smallest absolute Gasteiger partial charge is 0.249 e. The van der Waals surface area contributed by atoms with E-state index >= 15 is 0 Å². The molecule has 0 atom stereocenters. The van der Waals surface area contributed by atoms with Crippen LogP contribution in [0, 0.1) is 6.92 Å². The zero-order chi connectivity index (χ0) is 13.2. The molecule has 0 aliphatic rings. The molecule has 3 heterocycles. The minimum Gasteiger partial charge on any atom is -0.318 e. The number of H-pyrrole nitrogens is 1. The number of pyridine rings is 1. The summed E-state index contributed by atoms with van der Waals surface area (Å²) >= 11 is 3.18. The van der Waals surface area contributed by atoms with Gasteiger partial charge in [0, 0.05) is 11.4 Å². The van der Waals surface area contributed by atoms with Gasteiger partial charge in [-0.15, -0.1) is 22.7 Å². The van der Waals surface area contributed by atoms with Crippen LogP contribution < -0.4 is 10.9 Å². The fraction of sp³-hybridized carbons (Fsp3) is 0.0769. The third-order valence-corrected chi connectivity index (χ3v) is 4.16. The lowest BCUT2D eigenvalue weighted by molar-refractivity contribution is 1.20. The van der Waals surface area contributed by atoms with E-state index in [1.165, 1.54) is 11.3 Å². The van der Waals surface area contributed by atoms with Crippen molar-refractivity contribution in [3.63, 3.8) is 0 Å². The Kier molecular flexibility index (Phi) is 3.18. The van der Waals surface area contributed by atoms with E-state index in [1.807, 2.05) is 35.9 Å². The van der Waals surface area contributed by atoms with E-state index in [0.29, 0.717) is 5.82 Å². The van der Waals surface area contributed by atoms with Crippen molar-refractivity contribution in [2.45, 2.75) is 6.92 Å². The van der Waals surface area contributed by atoms with E-state index < -0.39 is 0 Å². The summed E-state index contributed by atoms with van der Waals surface area (Å²) < 4.78 is 0. The molecule has 0 aliphatic carbocycles. The van der Waals surface area contributed by atoms with Gasteiger partial charge in [0.25, 0.3) is 0 Å². The zero-order valence-electron chi connectivity index (χ0n) is 10.1. The fourth-order valence-corrected chi connectivity index (χ4v) is 3.22. The topological polar surface area (TPSA) is 57.8 Å². The lowest BCUT2D eigenvalue weighted by atomic mass is 10.3. The molecule has 0 unspecified atom stereocenters. The van der Waals surface area contributed by atoms with Gasteiger partial charge in [-0.25, -0.2) is 4.98 Å². The van der Waals surface area contributed by atoms with Crippen LogP contribution in [-0.2, 0) is 0 Å². The number of nitrogens with zero attached hydrogens (tertiary/aromatic N) is 1. The first-order chi connectivity index (χ1) is 9.20. The molecular weight excluding hydrogens is 278 g/mol. The molecule has 0 amide bonds. The molecule has 0 aliphatic heterocycles. The largest absolute Gasteiger partial charge is 0.318 e. The van der Waals surface area contributed by atoms with Crippen LogP contribution in [0.2, 0.25) is 0 Å². The van der Waals surface area contributed by atoms with Crippen LogP contribution in [0.4, 0.5) is 10.9 Å². The number of hydrogen-bond acceptors (Lipinski definition) is 5. The average Bonchev–Trinajstić information content (AvgIpc) is 2.96. The second kappa shape index (κ2) is 4.99. The normalized spacial score (nSPS) is 10.6. The molecule has 3 aromatic rings. The number of aromatic nitrogens is 2. The second-order valence-corrected chi connectivity index (χ2v) is 5.88. The summed E-state index contributed by atoms with van der Waals surface area (Å²) in [5, 5.41) is 7.92. The van der Waals surface area contributed by atoms with Crippen molar-refractivity contribution in [2.24, 2.45) is 0 Å². The lowest BCUT2D eigenvalue weighted by Gasteiger charge is -2.02. The van der Waals surface area contributed by atoms with Crippen LogP contribution in [0.25, 0.3) is 10.6 Å². The number of hydrogen-bond donors (Lipinski definition) is 2. The van der Waals surface area contributed by atoms with Gasteiger partial charge < -0.3 is 10.3 Å². The highest BCUT2D eigenvalue weighted by molar-refractivity contribution is 7.16. The van der Waals surface area contributed by atoms with Gasteiger partial charge in [-0.1, -0.05) is 6.07 Å². The van der Waals surface area contributed by atoms with Gasteiger partial charge in [0.15, 0.2) is 5.13 Å². The number of anilines is 2. The molecule has 0 aromatic carbocycles. The highest BCUT2D eigenvalue weighted by atomic mass is 32.1. The molecule has 0 radical (unpaired) electrons. The maximum absolute atomic E-state index is 11.4. The Balaban J connectivity index is 1.86. The maximum atomic E-state index is 11.4. The van der Waals surface area contributed by atoms with E-state index in [9.17, 15) is 4.79 Å². The first kappa shape index (κ1) is 12.1. The van der Waals surface area contributed by atoms with Gasteiger partial charge in [0.1, 0.15) is 5.82 Å². The molecule has 0 fully saturated rings. The third-order valence-electron chi connectivity index (χ3n) is 2.51. The lowest BCUT2D eigenvalue weighted by Crippen LogP contribution is -2.07. The van der Waals surface area contributed by atoms with Crippen LogP contribution in [-0.4, -0.2) is 9.97 Å². The molecule has 3 rings (SSSR count). The van der Waals surface area contributed by atoms with Crippen molar-refractivity contribution in [1.82, 2.24) is 9.97 Å². The van der Waals surface area contributed by atoms with Crippen molar-refractivity contribution in [3.8, 4) is 10.6 Å². The summed E-state index contributed by atoms with van der Waals surface area (Å²) in [6.07, 6.45) is 0. The molecule has 4 nitrogen and oxygen atoms in total. The number of rotatable bonds is 3. The molecule has 0 saturated heterocycles. The highest BCUT2D eigenvalue weighted by Crippen LogP contribution is 2.29. The molecule has 2 N–H and O–H groups in total. The standard InChI is InChI=1S/C13H11N3OS2/c1-8-5-11(15-12(17)6-8)16-13-14-9(7-19-13)10-3-2-4-18-10/h2-7H,1H3,(H2,14,15,16,17). The van der Waals surface area contributed by atoms with Crippen molar-refractivity contribution in [2.75, 3.05) is 5.32 Å². The van der Waals surface area contributed by atoms with Gasteiger partial charge in [-0.3, -0.25) is 4.79 Å². The Morgan fingerprint density at radius 3 is 2.95 bits per heavy atom. The van der Waals surface area contributed by atoms with Gasteiger partial charge >= 0.3 is 0 Å². The fourth-order valence-electron chi connectivity index (χ4n) is 1.73. The Bertz CT molecular complexity index is 743. The summed E-state index contributed by atoms with van der Waals surface area (Å²) in [5.74, 6) is 0.664. The van der Waals surface area contributed by atoms with Crippen molar-refractivity contribution < 1.29 is 0 Å². The zero-order valence-corrected chi connectivity index (χ0v) is 11.8. The first-order valence-electron chi connectivity index (χ1n) is 5.68. The van der Waals surface area contributed by atoms with Gasteiger partial charge in [-0.2, -0.15) is 0 Å². The van der Waals surface area contributed by atoms with Crippen molar-refractivity contribution >= 4 is 33.6 Å². The summed E-state index contributed by atoms with van der Waals surface area (Å²) in [6, 6.07) is 7.49. The second-order valence-electron chi connectivity index (χ2n) is 4.08. The van der Waals surface area contributed by atoms with Crippen LogP contribution in [0.15, 0.2) is 39.8 Å². The minimum atomic E-state index is -0.113. The molecule has 19 heavy (non-hydrogen) atoms. The number of thiophene rings is 1. The first-order valence-corrected chi connectivity index (χ1v) is 7.44. The molecule has 96 valence electrons. The number of aryl methyl sites for hydroxylation is 1. The number of nitrogens with one attached hydrogen (secondary N) is 2.